The van der Waals surface area contributed by atoms with E-state index < -0.39 is 11.5 Å². The van der Waals surface area contributed by atoms with E-state index >= 15 is 0 Å². The molecular weight excluding hydrogens is 274 g/mol. The first-order chi connectivity index (χ1) is 9.93. The van der Waals surface area contributed by atoms with Gasteiger partial charge >= 0.3 is 0 Å². The van der Waals surface area contributed by atoms with E-state index in [-0.39, 0.29) is 17.1 Å². The molecule has 1 rings (SSSR count). The molecule has 1 aromatic rings. The highest BCUT2D eigenvalue weighted by Gasteiger charge is 2.38. The Morgan fingerprint density at radius 1 is 1.05 bits per heavy atom. The zero-order valence-corrected chi connectivity index (χ0v) is 14.9. The van der Waals surface area contributed by atoms with Crippen LogP contribution in [0.25, 0.3) is 0 Å². The molecule has 0 heterocycles. The van der Waals surface area contributed by atoms with Crippen LogP contribution in [0.4, 0.5) is 0 Å². The maximum Gasteiger partial charge on any atom is 0.225 e. The highest BCUT2D eigenvalue weighted by Crippen LogP contribution is 2.27. The van der Waals surface area contributed by atoms with Crippen LogP contribution >= 0.6 is 0 Å². The quantitative estimate of drug-likeness (QED) is 0.922. The van der Waals surface area contributed by atoms with E-state index in [9.17, 15) is 9.59 Å². The number of rotatable bonds is 4. The fraction of sp³-hybridized carbons (Fsp3) is 0.579. The number of hydrogen-bond donors (Lipinski definition) is 1. The molecule has 22 heavy (non-hydrogen) atoms. The SMILES string of the molecule is Cc1ccccc1CC(=O)NC(C(=O)C(C)(C)C)C(C)(C)C. The molecule has 0 spiro atoms. The van der Waals surface area contributed by atoms with Crippen molar-refractivity contribution in [2.75, 3.05) is 0 Å². The van der Waals surface area contributed by atoms with Crippen molar-refractivity contribution in [3.8, 4) is 0 Å². The van der Waals surface area contributed by atoms with E-state index in [4.69, 9.17) is 0 Å². The van der Waals surface area contributed by atoms with Crippen molar-refractivity contribution < 1.29 is 9.59 Å². The lowest BCUT2D eigenvalue weighted by molar-refractivity contribution is -0.135. The lowest BCUT2D eigenvalue weighted by atomic mass is 9.75. The van der Waals surface area contributed by atoms with E-state index in [1.807, 2.05) is 72.7 Å². The van der Waals surface area contributed by atoms with Crippen LogP contribution in [0.5, 0.6) is 0 Å². The number of ketones is 1. The number of benzene rings is 1. The van der Waals surface area contributed by atoms with Crippen LogP contribution in [0.1, 0.15) is 52.7 Å². The molecule has 0 bridgehead atoms. The average Bonchev–Trinajstić information content (AvgIpc) is 2.35. The molecule has 1 N–H and O–H groups in total. The normalized spacial score (nSPS) is 13.6. The monoisotopic (exact) mass is 303 g/mol. The van der Waals surface area contributed by atoms with Gasteiger partial charge in [0.05, 0.1) is 12.5 Å². The molecule has 0 radical (unpaired) electrons. The van der Waals surface area contributed by atoms with Crippen molar-refractivity contribution in [3.63, 3.8) is 0 Å². The molecule has 0 aliphatic rings. The molecule has 1 aromatic carbocycles. The maximum absolute atomic E-state index is 12.7. The van der Waals surface area contributed by atoms with E-state index in [0.717, 1.165) is 11.1 Å². The lowest BCUT2D eigenvalue weighted by Crippen LogP contribution is -2.53. The minimum atomic E-state index is -0.482. The van der Waals surface area contributed by atoms with Crippen molar-refractivity contribution in [3.05, 3.63) is 35.4 Å². The van der Waals surface area contributed by atoms with Crippen molar-refractivity contribution in [2.24, 2.45) is 10.8 Å². The number of carbonyl (C=O) groups excluding carboxylic acids is 2. The summed E-state index contributed by atoms with van der Waals surface area (Å²) < 4.78 is 0. The summed E-state index contributed by atoms with van der Waals surface area (Å²) in [5.41, 5.74) is 1.29. The first kappa shape index (κ1) is 18.4. The van der Waals surface area contributed by atoms with Gasteiger partial charge in [-0.05, 0) is 23.5 Å². The maximum atomic E-state index is 12.7. The van der Waals surface area contributed by atoms with E-state index in [0.29, 0.717) is 6.42 Å². The van der Waals surface area contributed by atoms with Gasteiger partial charge in [-0.3, -0.25) is 9.59 Å². The summed E-state index contributed by atoms with van der Waals surface area (Å²) in [7, 11) is 0. The van der Waals surface area contributed by atoms with Gasteiger partial charge < -0.3 is 5.32 Å². The molecule has 3 heteroatoms. The largest absolute Gasteiger partial charge is 0.345 e. The molecule has 0 saturated heterocycles. The number of Topliss-reactive ketones (excluding diaryl/α,β-unsaturated/α-hetero) is 1. The van der Waals surface area contributed by atoms with Gasteiger partial charge in [-0.1, -0.05) is 65.8 Å². The summed E-state index contributed by atoms with van der Waals surface area (Å²) in [5.74, 6) is -0.0371. The third-order valence-corrected chi connectivity index (χ3v) is 3.79. The van der Waals surface area contributed by atoms with Crippen LogP contribution in [0.3, 0.4) is 0 Å². The van der Waals surface area contributed by atoms with Gasteiger partial charge in [0.25, 0.3) is 0 Å². The smallest absolute Gasteiger partial charge is 0.225 e. The van der Waals surface area contributed by atoms with Crippen LogP contribution in [-0.2, 0) is 16.0 Å². The molecule has 1 unspecified atom stereocenters. The molecule has 122 valence electrons. The average molecular weight is 303 g/mol. The molecule has 3 nitrogen and oxygen atoms in total. The number of hydrogen-bond acceptors (Lipinski definition) is 2. The van der Waals surface area contributed by atoms with Gasteiger partial charge in [-0.15, -0.1) is 0 Å². The fourth-order valence-electron chi connectivity index (χ4n) is 2.30. The van der Waals surface area contributed by atoms with Crippen molar-refractivity contribution in [2.45, 2.75) is 60.9 Å². The van der Waals surface area contributed by atoms with Gasteiger partial charge in [0.15, 0.2) is 5.78 Å². The summed E-state index contributed by atoms with van der Waals surface area (Å²) in [4.78, 5) is 25.0. The fourth-order valence-corrected chi connectivity index (χ4v) is 2.30. The summed E-state index contributed by atoms with van der Waals surface area (Å²) in [5, 5.41) is 2.95. The first-order valence-corrected chi connectivity index (χ1v) is 7.81. The predicted octanol–water partition coefficient (Wildman–Crippen LogP) is 3.68. The Balaban J connectivity index is 2.89. The number of aryl methyl sites for hydroxylation is 1. The van der Waals surface area contributed by atoms with Gasteiger partial charge in [-0.25, -0.2) is 0 Å². The summed E-state index contributed by atoms with van der Waals surface area (Å²) in [6.45, 7) is 13.6. The molecule has 0 aromatic heterocycles. The van der Waals surface area contributed by atoms with Gasteiger partial charge in [0.2, 0.25) is 5.91 Å². The van der Waals surface area contributed by atoms with E-state index in [2.05, 4.69) is 5.32 Å². The molecule has 1 amide bonds. The summed E-state index contributed by atoms with van der Waals surface area (Å²) >= 11 is 0. The summed E-state index contributed by atoms with van der Waals surface area (Å²) in [6, 6.07) is 7.34. The van der Waals surface area contributed by atoms with Crippen molar-refractivity contribution >= 4 is 11.7 Å². The minimum absolute atomic E-state index is 0.0677. The molecule has 0 aliphatic carbocycles. The zero-order chi connectivity index (χ0) is 17.1. The van der Waals surface area contributed by atoms with Crippen molar-refractivity contribution in [1.29, 1.82) is 0 Å². The molecular formula is C19H29NO2. The number of carbonyl (C=O) groups is 2. The molecule has 0 saturated carbocycles. The number of amides is 1. The molecule has 1 atom stereocenters. The third-order valence-electron chi connectivity index (χ3n) is 3.79. The van der Waals surface area contributed by atoms with Crippen LogP contribution in [0.15, 0.2) is 24.3 Å². The molecule has 0 aliphatic heterocycles. The van der Waals surface area contributed by atoms with Crippen molar-refractivity contribution in [1.82, 2.24) is 5.32 Å². The highest BCUT2D eigenvalue weighted by atomic mass is 16.2. The highest BCUT2D eigenvalue weighted by molar-refractivity contribution is 5.93. The topological polar surface area (TPSA) is 46.2 Å². The number of nitrogens with one attached hydrogen (secondary N) is 1. The van der Waals surface area contributed by atoms with Crippen LogP contribution in [0.2, 0.25) is 0 Å². The second-order valence-electron chi connectivity index (χ2n) is 8.08. The van der Waals surface area contributed by atoms with Crippen LogP contribution in [0, 0.1) is 17.8 Å². The Labute approximate surface area is 134 Å². The first-order valence-electron chi connectivity index (χ1n) is 7.81. The van der Waals surface area contributed by atoms with Gasteiger partial charge in [-0.2, -0.15) is 0 Å². The van der Waals surface area contributed by atoms with E-state index in [1.54, 1.807) is 0 Å². The predicted molar refractivity (Wildman–Crippen MR) is 90.7 cm³/mol. The van der Waals surface area contributed by atoms with Crippen LogP contribution in [-0.4, -0.2) is 17.7 Å². The minimum Gasteiger partial charge on any atom is -0.345 e. The second-order valence-corrected chi connectivity index (χ2v) is 8.08. The third kappa shape index (κ3) is 4.97. The zero-order valence-electron chi connectivity index (χ0n) is 14.9. The standard InChI is InChI=1S/C19H29NO2/c1-13-10-8-9-11-14(13)12-15(21)20-16(18(2,3)4)17(22)19(5,6)7/h8-11,16H,12H2,1-7H3,(H,20,21). The summed E-state index contributed by atoms with van der Waals surface area (Å²) in [6.07, 6.45) is 0.302. The Bertz CT molecular complexity index is 547. The van der Waals surface area contributed by atoms with Gasteiger partial charge in [0.1, 0.15) is 0 Å². The molecule has 0 fully saturated rings. The lowest BCUT2D eigenvalue weighted by Gasteiger charge is -2.34. The van der Waals surface area contributed by atoms with Crippen LogP contribution < -0.4 is 5.32 Å². The Morgan fingerprint density at radius 3 is 2.05 bits per heavy atom. The second kappa shape index (κ2) is 6.64. The van der Waals surface area contributed by atoms with E-state index in [1.165, 1.54) is 0 Å². The Hall–Kier alpha value is -1.64. The Morgan fingerprint density at radius 2 is 1.59 bits per heavy atom. The Kier molecular flexibility index (Phi) is 5.55. The van der Waals surface area contributed by atoms with Gasteiger partial charge in [0, 0.05) is 5.41 Å².